The van der Waals surface area contributed by atoms with Crippen LogP contribution >= 0.6 is 11.8 Å². The van der Waals surface area contributed by atoms with E-state index in [9.17, 15) is 4.79 Å². The molecule has 0 aliphatic carbocycles. The number of aliphatic carboxylic acids is 1. The molecule has 1 N–H and O–H groups in total. The molecule has 128 valence electrons. The van der Waals surface area contributed by atoms with E-state index in [1.165, 1.54) is 0 Å². The lowest BCUT2D eigenvalue weighted by atomic mass is 10.0. The third-order valence-corrected chi connectivity index (χ3v) is 4.28. The number of allylic oxidation sites excluding steroid dienone is 1. The zero-order chi connectivity index (χ0) is 17.5. The van der Waals surface area contributed by atoms with Crippen molar-refractivity contribution in [1.82, 2.24) is 14.8 Å². The summed E-state index contributed by atoms with van der Waals surface area (Å²) in [5.41, 5.74) is 1.13. The number of nitrogens with zero attached hydrogens (tertiary/aromatic N) is 3. The predicted octanol–water partition coefficient (Wildman–Crippen LogP) is 3.34. The third kappa shape index (κ3) is 4.61. The first-order valence-corrected chi connectivity index (χ1v) is 8.60. The minimum absolute atomic E-state index is 0.0632. The van der Waals surface area contributed by atoms with Crippen LogP contribution in [0.25, 0.3) is 0 Å². The van der Waals surface area contributed by atoms with Crippen molar-refractivity contribution in [1.29, 1.82) is 0 Å². The maximum absolute atomic E-state index is 10.7. The van der Waals surface area contributed by atoms with Crippen molar-refractivity contribution < 1.29 is 14.6 Å². The maximum atomic E-state index is 10.7. The number of carbonyl (C=O) groups is 1. The van der Waals surface area contributed by atoms with Crippen LogP contribution in [0.2, 0.25) is 0 Å². The summed E-state index contributed by atoms with van der Waals surface area (Å²) in [4.78, 5) is 10.7. The van der Waals surface area contributed by atoms with Gasteiger partial charge in [0.05, 0.1) is 5.75 Å². The van der Waals surface area contributed by atoms with Gasteiger partial charge in [0.2, 0.25) is 0 Å². The first kappa shape index (κ1) is 18.1. The molecule has 7 heteroatoms. The second-order valence-corrected chi connectivity index (χ2v) is 6.40. The summed E-state index contributed by atoms with van der Waals surface area (Å²) in [5.74, 6) is 0.860. The molecule has 0 fully saturated rings. The average Bonchev–Trinajstić information content (AvgIpc) is 2.93. The summed E-state index contributed by atoms with van der Waals surface area (Å²) in [7, 11) is 0. The number of aromatic nitrogens is 3. The van der Waals surface area contributed by atoms with Gasteiger partial charge in [0.1, 0.15) is 12.4 Å². The summed E-state index contributed by atoms with van der Waals surface area (Å²) in [6.07, 6.45) is 1.72. The van der Waals surface area contributed by atoms with E-state index in [0.29, 0.717) is 23.4 Å². The Kier molecular flexibility index (Phi) is 6.43. The quantitative estimate of drug-likeness (QED) is 0.554. The van der Waals surface area contributed by atoms with Crippen LogP contribution in [0.15, 0.2) is 42.1 Å². The Morgan fingerprint density at radius 2 is 2.17 bits per heavy atom. The number of ether oxygens (including phenoxy) is 1. The van der Waals surface area contributed by atoms with Crippen LogP contribution in [-0.2, 0) is 17.9 Å². The number of hydrogen-bond donors (Lipinski definition) is 1. The Bertz CT molecular complexity index is 713. The van der Waals surface area contributed by atoms with Gasteiger partial charge in [-0.1, -0.05) is 49.9 Å². The van der Waals surface area contributed by atoms with E-state index < -0.39 is 5.97 Å². The van der Waals surface area contributed by atoms with Gasteiger partial charge in [-0.3, -0.25) is 9.36 Å². The summed E-state index contributed by atoms with van der Waals surface area (Å²) < 4.78 is 7.75. The fourth-order valence-electron chi connectivity index (χ4n) is 2.20. The number of hydrogen-bond acceptors (Lipinski definition) is 5. The first-order chi connectivity index (χ1) is 11.5. The number of benzene rings is 1. The van der Waals surface area contributed by atoms with E-state index in [4.69, 9.17) is 9.84 Å². The number of rotatable bonds is 9. The summed E-state index contributed by atoms with van der Waals surface area (Å²) in [6, 6.07) is 7.90. The standard InChI is InChI=1S/C17H21N3O3S/c1-4-9-20-15(18-19-17(20)24-11-16(21)22)10-23-14-8-6-5-7-13(14)12(2)3/h4-8,12H,1,9-11H2,2-3H3,(H,21,22). The predicted molar refractivity (Wildman–Crippen MR) is 93.4 cm³/mol. The first-order valence-electron chi connectivity index (χ1n) is 7.62. The van der Waals surface area contributed by atoms with Crippen molar-refractivity contribution in [2.75, 3.05) is 5.75 Å². The average molecular weight is 347 g/mol. The number of carboxylic acid groups (broad SMARTS) is 1. The van der Waals surface area contributed by atoms with Gasteiger partial charge in [0.25, 0.3) is 0 Å². The molecular weight excluding hydrogens is 326 g/mol. The van der Waals surface area contributed by atoms with Crippen LogP contribution in [0.4, 0.5) is 0 Å². The van der Waals surface area contributed by atoms with Crippen molar-refractivity contribution >= 4 is 17.7 Å². The van der Waals surface area contributed by atoms with Crippen LogP contribution in [0.5, 0.6) is 5.75 Å². The molecule has 2 rings (SSSR count). The summed E-state index contributed by atoms with van der Waals surface area (Å²) >= 11 is 1.13. The molecule has 0 saturated heterocycles. The SMILES string of the molecule is C=CCn1c(COc2ccccc2C(C)C)nnc1SCC(=O)O. The number of thioether (sulfide) groups is 1. The van der Waals surface area contributed by atoms with E-state index in [2.05, 4.69) is 30.6 Å². The van der Waals surface area contributed by atoms with Gasteiger partial charge in [0.15, 0.2) is 11.0 Å². The van der Waals surface area contributed by atoms with Gasteiger partial charge >= 0.3 is 5.97 Å². The van der Waals surface area contributed by atoms with Crippen LogP contribution < -0.4 is 4.74 Å². The zero-order valence-corrected chi connectivity index (χ0v) is 14.6. The Morgan fingerprint density at radius 1 is 1.42 bits per heavy atom. The lowest BCUT2D eigenvalue weighted by Gasteiger charge is -2.14. The van der Waals surface area contributed by atoms with Crippen molar-refractivity contribution in [3.05, 3.63) is 48.3 Å². The molecule has 1 heterocycles. The van der Waals surface area contributed by atoms with Crippen LogP contribution in [-0.4, -0.2) is 31.6 Å². The number of carboxylic acids is 1. The molecule has 24 heavy (non-hydrogen) atoms. The minimum atomic E-state index is -0.892. The molecule has 1 aromatic heterocycles. The molecule has 0 radical (unpaired) electrons. The summed E-state index contributed by atoms with van der Waals surface area (Å²) in [5, 5.41) is 17.6. The molecule has 0 spiro atoms. The molecule has 0 aliphatic rings. The fraction of sp³-hybridized carbons (Fsp3) is 0.353. The monoisotopic (exact) mass is 347 g/mol. The van der Waals surface area contributed by atoms with Gasteiger partial charge in [-0.25, -0.2) is 0 Å². The molecule has 0 unspecified atom stereocenters. The fourth-order valence-corrected chi connectivity index (χ4v) is 2.89. The third-order valence-electron chi connectivity index (χ3n) is 3.33. The van der Waals surface area contributed by atoms with E-state index in [1.807, 2.05) is 28.8 Å². The molecule has 0 saturated carbocycles. The molecule has 0 bridgehead atoms. The van der Waals surface area contributed by atoms with Crippen molar-refractivity contribution in [2.45, 2.75) is 38.1 Å². The van der Waals surface area contributed by atoms with Gasteiger partial charge in [-0.15, -0.1) is 16.8 Å². The smallest absolute Gasteiger partial charge is 0.313 e. The second-order valence-electron chi connectivity index (χ2n) is 5.46. The Labute approximate surface area is 145 Å². The number of para-hydroxylation sites is 1. The van der Waals surface area contributed by atoms with E-state index in [0.717, 1.165) is 23.1 Å². The van der Waals surface area contributed by atoms with Gasteiger partial charge < -0.3 is 9.84 Å². The zero-order valence-electron chi connectivity index (χ0n) is 13.8. The highest BCUT2D eigenvalue weighted by molar-refractivity contribution is 7.99. The summed E-state index contributed by atoms with van der Waals surface area (Å²) in [6.45, 7) is 8.72. The highest BCUT2D eigenvalue weighted by Crippen LogP contribution is 2.27. The van der Waals surface area contributed by atoms with Crippen molar-refractivity contribution in [2.24, 2.45) is 0 Å². The van der Waals surface area contributed by atoms with Crippen molar-refractivity contribution in [3.63, 3.8) is 0 Å². The minimum Gasteiger partial charge on any atom is -0.485 e. The van der Waals surface area contributed by atoms with E-state index in [1.54, 1.807) is 6.08 Å². The normalized spacial score (nSPS) is 10.8. The van der Waals surface area contributed by atoms with E-state index >= 15 is 0 Å². The molecule has 0 atom stereocenters. The second kappa shape index (κ2) is 8.54. The van der Waals surface area contributed by atoms with Crippen LogP contribution in [0.3, 0.4) is 0 Å². The molecule has 0 aliphatic heterocycles. The highest BCUT2D eigenvalue weighted by atomic mass is 32.2. The van der Waals surface area contributed by atoms with Crippen molar-refractivity contribution in [3.8, 4) is 5.75 Å². The molecule has 6 nitrogen and oxygen atoms in total. The topological polar surface area (TPSA) is 77.2 Å². The van der Waals surface area contributed by atoms with Gasteiger partial charge in [-0.05, 0) is 17.5 Å². The van der Waals surface area contributed by atoms with Crippen LogP contribution in [0, 0.1) is 0 Å². The highest BCUT2D eigenvalue weighted by Gasteiger charge is 2.14. The Morgan fingerprint density at radius 3 is 2.83 bits per heavy atom. The molecule has 0 amide bonds. The van der Waals surface area contributed by atoms with Gasteiger partial charge in [0, 0.05) is 6.54 Å². The van der Waals surface area contributed by atoms with E-state index in [-0.39, 0.29) is 12.4 Å². The van der Waals surface area contributed by atoms with Crippen LogP contribution in [0.1, 0.15) is 31.2 Å². The molecule has 2 aromatic rings. The Balaban J connectivity index is 2.15. The largest absolute Gasteiger partial charge is 0.485 e. The molecule has 1 aromatic carbocycles. The maximum Gasteiger partial charge on any atom is 0.313 e. The molecular formula is C17H21N3O3S. The lowest BCUT2D eigenvalue weighted by molar-refractivity contribution is -0.133. The van der Waals surface area contributed by atoms with Gasteiger partial charge in [-0.2, -0.15) is 0 Å². The lowest BCUT2D eigenvalue weighted by Crippen LogP contribution is -2.09. The Hall–Kier alpha value is -2.28.